The van der Waals surface area contributed by atoms with Gasteiger partial charge in [-0.15, -0.1) is 0 Å². The normalized spacial score (nSPS) is 23.3. The third-order valence-electron chi connectivity index (χ3n) is 4.04. The van der Waals surface area contributed by atoms with Crippen LogP contribution in [0.1, 0.15) is 30.1 Å². The molecule has 1 saturated heterocycles. The van der Waals surface area contributed by atoms with Crippen LogP contribution in [0.2, 0.25) is 0 Å². The average molecular weight is 310 g/mol. The summed E-state index contributed by atoms with van der Waals surface area (Å²) in [6, 6.07) is 19.0. The fourth-order valence-corrected chi connectivity index (χ4v) is 3.03. The highest BCUT2D eigenvalue weighted by molar-refractivity contribution is 5.98. The first-order valence-electron chi connectivity index (χ1n) is 7.69. The van der Waals surface area contributed by atoms with E-state index in [4.69, 9.17) is 9.47 Å². The van der Waals surface area contributed by atoms with E-state index in [0.717, 1.165) is 11.1 Å². The Labute approximate surface area is 135 Å². The molecule has 1 aliphatic heterocycles. The van der Waals surface area contributed by atoms with Crippen molar-refractivity contribution in [3.05, 3.63) is 71.8 Å². The van der Waals surface area contributed by atoms with Gasteiger partial charge in [-0.3, -0.25) is 9.59 Å². The summed E-state index contributed by atoms with van der Waals surface area (Å²) in [6.45, 7) is 1.96. The Balaban J connectivity index is 2.03. The number of benzene rings is 2. The summed E-state index contributed by atoms with van der Waals surface area (Å²) >= 11 is 0. The van der Waals surface area contributed by atoms with Crippen LogP contribution in [0.5, 0.6) is 0 Å². The molecule has 2 unspecified atom stereocenters. The number of esters is 2. The summed E-state index contributed by atoms with van der Waals surface area (Å²) in [4.78, 5) is 24.6. The molecular weight excluding hydrogens is 292 g/mol. The molecule has 0 N–H and O–H groups in total. The van der Waals surface area contributed by atoms with Crippen LogP contribution < -0.4 is 0 Å². The lowest BCUT2D eigenvalue weighted by molar-refractivity contribution is -0.156. The van der Waals surface area contributed by atoms with Crippen LogP contribution in [0.3, 0.4) is 0 Å². The van der Waals surface area contributed by atoms with E-state index in [0.29, 0.717) is 0 Å². The third-order valence-corrected chi connectivity index (χ3v) is 4.04. The highest BCUT2D eigenvalue weighted by Crippen LogP contribution is 2.46. The SMILES string of the molecule is CCOC(=O)C1C(=O)O[C@H](c2ccccc2)C1c1ccccc1. The van der Waals surface area contributed by atoms with E-state index in [1.165, 1.54) is 0 Å². The molecule has 0 aliphatic carbocycles. The first-order valence-corrected chi connectivity index (χ1v) is 7.69. The number of carbonyl (C=O) groups is 2. The van der Waals surface area contributed by atoms with E-state index >= 15 is 0 Å². The van der Waals surface area contributed by atoms with Gasteiger partial charge in [0.25, 0.3) is 0 Å². The highest BCUT2D eigenvalue weighted by atomic mass is 16.6. The summed E-state index contributed by atoms with van der Waals surface area (Å²) in [7, 11) is 0. The van der Waals surface area contributed by atoms with Crippen LogP contribution in [0.15, 0.2) is 60.7 Å². The minimum atomic E-state index is -0.928. The predicted octanol–water partition coefficient (Wildman–Crippen LogP) is 3.25. The van der Waals surface area contributed by atoms with Gasteiger partial charge in [-0.25, -0.2) is 0 Å². The molecule has 4 nitrogen and oxygen atoms in total. The van der Waals surface area contributed by atoms with Gasteiger partial charge < -0.3 is 9.47 Å². The lowest BCUT2D eigenvalue weighted by Crippen LogP contribution is -2.27. The van der Waals surface area contributed by atoms with Crippen LogP contribution in [0.25, 0.3) is 0 Å². The van der Waals surface area contributed by atoms with Gasteiger partial charge in [-0.05, 0) is 18.1 Å². The Morgan fingerprint density at radius 3 is 2.13 bits per heavy atom. The first kappa shape index (κ1) is 15.3. The van der Waals surface area contributed by atoms with Gasteiger partial charge in [-0.2, -0.15) is 0 Å². The van der Waals surface area contributed by atoms with Gasteiger partial charge >= 0.3 is 11.9 Å². The zero-order chi connectivity index (χ0) is 16.2. The van der Waals surface area contributed by atoms with Crippen LogP contribution in [-0.2, 0) is 19.1 Å². The number of carbonyl (C=O) groups excluding carboxylic acids is 2. The highest BCUT2D eigenvalue weighted by Gasteiger charge is 2.50. The predicted molar refractivity (Wildman–Crippen MR) is 84.6 cm³/mol. The third kappa shape index (κ3) is 2.97. The van der Waals surface area contributed by atoms with Crippen molar-refractivity contribution in [1.29, 1.82) is 0 Å². The number of hydrogen-bond donors (Lipinski definition) is 0. The molecule has 0 radical (unpaired) electrons. The Morgan fingerprint density at radius 2 is 1.57 bits per heavy atom. The van der Waals surface area contributed by atoms with Gasteiger partial charge in [0.1, 0.15) is 6.10 Å². The topological polar surface area (TPSA) is 52.6 Å². The van der Waals surface area contributed by atoms with E-state index in [1.54, 1.807) is 6.92 Å². The molecular formula is C19H18O4. The van der Waals surface area contributed by atoms with Crippen molar-refractivity contribution in [2.45, 2.75) is 18.9 Å². The summed E-state index contributed by atoms with van der Waals surface area (Å²) < 4.78 is 10.6. The number of rotatable bonds is 4. The van der Waals surface area contributed by atoms with Gasteiger partial charge in [0.2, 0.25) is 0 Å². The summed E-state index contributed by atoms with van der Waals surface area (Å²) in [5, 5.41) is 0. The second kappa shape index (κ2) is 6.65. The van der Waals surface area contributed by atoms with Gasteiger partial charge in [-0.1, -0.05) is 60.7 Å². The van der Waals surface area contributed by atoms with E-state index in [9.17, 15) is 9.59 Å². The Morgan fingerprint density at radius 1 is 1.00 bits per heavy atom. The maximum absolute atomic E-state index is 12.3. The van der Waals surface area contributed by atoms with E-state index in [-0.39, 0.29) is 12.5 Å². The first-order chi connectivity index (χ1) is 11.2. The van der Waals surface area contributed by atoms with Crippen LogP contribution in [0, 0.1) is 5.92 Å². The number of ether oxygens (including phenoxy) is 2. The van der Waals surface area contributed by atoms with E-state index in [2.05, 4.69) is 0 Å². The molecule has 1 heterocycles. The molecule has 0 amide bonds. The zero-order valence-corrected chi connectivity index (χ0v) is 12.8. The standard InChI is InChI=1S/C19H18O4/c1-2-22-18(20)16-15(13-9-5-3-6-10-13)17(23-19(16)21)14-11-7-4-8-12-14/h3-12,15-17H,2H2,1H3/t15?,16?,17-/m1/s1. The van der Waals surface area contributed by atoms with Crippen molar-refractivity contribution in [1.82, 2.24) is 0 Å². The second-order valence-corrected chi connectivity index (χ2v) is 5.43. The smallest absolute Gasteiger partial charge is 0.321 e. The molecule has 2 aromatic carbocycles. The van der Waals surface area contributed by atoms with Crippen LogP contribution >= 0.6 is 0 Å². The van der Waals surface area contributed by atoms with Gasteiger partial charge in [0.15, 0.2) is 5.92 Å². The van der Waals surface area contributed by atoms with Gasteiger partial charge in [0, 0.05) is 5.92 Å². The molecule has 1 fully saturated rings. The summed E-state index contributed by atoms with van der Waals surface area (Å²) in [5.74, 6) is -2.36. The molecule has 3 atom stereocenters. The van der Waals surface area contributed by atoms with Crippen molar-refractivity contribution in [2.75, 3.05) is 6.61 Å². The Hall–Kier alpha value is -2.62. The monoisotopic (exact) mass is 310 g/mol. The van der Waals surface area contributed by atoms with Crippen molar-refractivity contribution < 1.29 is 19.1 Å². The van der Waals surface area contributed by atoms with Crippen molar-refractivity contribution in [3.63, 3.8) is 0 Å². The fourth-order valence-electron chi connectivity index (χ4n) is 3.03. The van der Waals surface area contributed by atoms with E-state index < -0.39 is 24.0 Å². The number of hydrogen-bond acceptors (Lipinski definition) is 4. The summed E-state index contributed by atoms with van der Waals surface area (Å²) in [6.07, 6.45) is -0.486. The van der Waals surface area contributed by atoms with Crippen molar-refractivity contribution in [2.24, 2.45) is 5.92 Å². The molecule has 4 heteroatoms. The zero-order valence-electron chi connectivity index (χ0n) is 12.8. The lowest BCUT2D eigenvalue weighted by atomic mass is 9.82. The number of cyclic esters (lactones) is 1. The van der Waals surface area contributed by atoms with Crippen LogP contribution in [-0.4, -0.2) is 18.5 Å². The minimum Gasteiger partial charge on any atom is -0.465 e. The lowest BCUT2D eigenvalue weighted by Gasteiger charge is -2.21. The fraction of sp³-hybridized carbons (Fsp3) is 0.263. The molecule has 3 rings (SSSR count). The Kier molecular flexibility index (Phi) is 4.42. The second-order valence-electron chi connectivity index (χ2n) is 5.43. The average Bonchev–Trinajstić information content (AvgIpc) is 2.94. The molecule has 1 aliphatic rings. The molecule has 0 aromatic heterocycles. The van der Waals surface area contributed by atoms with Gasteiger partial charge in [0.05, 0.1) is 6.61 Å². The quantitative estimate of drug-likeness (QED) is 0.642. The van der Waals surface area contributed by atoms with E-state index in [1.807, 2.05) is 60.7 Å². The largest absolute Gasteiger partial charge is 0.465 e. The van der Waals surface area contributed by atoms with Crippen molar-refractivity contribution in [3.8, 4) is 0 Å². The molecule has 0 spiro atoms. The molecule has 2 aromatic rings. The Bertz CT molecular complexity index is 681. The summed E-state index contributed by atoms with van der Waals surface area (Å²) in [5.41, 5.74) is 1.77. The molecule has 0 saturated carbocycles. The van der Waals surface area contributed by atoms with Crippen LogP contribution in [0.4, 0.5) is 0 Å². The molecule has 0 bridgehead atoms. The maximum Gasteiger partial charge on any atom is 0.321 e. The van der Waals surface area contributed by atoms with Crippen molar-refractivity contribution >= 4 is 11.9 Å². The maximum atomic E-state index is 12.3. The molecule has 118 valence electrons. The minimum absolute atomic E-state index is 0.236. The molecule has 23 heavy (non-hydrogen) atoms.